The molecule has 4 rings (SSSR count). The van der Waals surface area contributed by atoms with Crippen LogP contribution >= 0.6 is 11.6 Å². The minimum absolute atomic E-state index is 0.0339. The van der Waals surface area contributed by atoms with Crippen LogP contribution in [0.2, 0.25) is 5.02 Å². The van der Waals surface area contributed by atoms with E-state index in [9.17, 15) is 4.79 Å². The lowest BCUT2D eigenvalue weighted by Gasteiger charge is -2.27. The number of benzene rings is 2. The molecule has 4 heteroatoms. The van der Waals surface area contributed by atoms with E-state index >= 15 is 0 Å². The molecule has 26 heavy (non-hydrogen) atoms. The Hall–Kier alpha value is -1.84. The number of amides is 1. The Labute approximate surface area is 160 Å². The summed E-state index contributed by atoms with van der Waals surface area (Å²) < 4.78 is 0. The Morgan fingerprint density at radius 2 is 1.69 bits per heavy atom. The van der Waals surface area contributed by atoms with Gasteiger partial charge in [-0.3, -0.25) is 4.79 Å². The summed E-state index contributed by atoms with van der Waals surface area (Å²) in [7, 11) is 0. The largest absolute Gasteiger partial charge is 0.347 e. The predicted molar refractivity (Wildman–Crippen MR) is 105 cm³/mol. The third kappa shape index (κ3) is 3.65. The highest BCUT2D eigenvalue weighted by Crippen LogP contribution is 2.49. The van der Waals surface area contributed by atoms with Gasteiger partial charge in [-0.25, -0.2) is 0 Å². The maximum atomic E-state index is 13.2. The molecule has 3 nitrogen and oxygen atoms in total. The standard InChI is InChI=1S/C22H25ClN2O/c23-19-10-8-18(9-11-19)22(12-13-22)21(26)24-20(16-25-14-4-5-15-25)17-6-2-1-3-7-17/h1-3,6-11,20H,4-5,12-16H2,(H,24,26). The molecule has 0 bridgehead atoms. The van der Waals surface area contributed by atoms with Crippen LogP contribution in [0.1, 0.15) is 42.9 Å². The number of carbonyl (C=O) groups is 1. The van der Waals surface area contributed by atoms with Crippen molar-refractivity contribution < 1.29 is 4.79 Å². The van der Waals surface area contributed by atoms with Crippen LogP contribution in [0.15, 0.2) is 54.6 Å². The highest BCUT2D eigenvalue weighted by Gasteiger charge is 2.51. The van der Waals surface area contributed by atoms with E-state index in [0.29, 0.717) is 5.02 Å². The van der Waals surface area contributed by atoms with E-state index in [-0.39, 0.29) is 17.4 Å². The van der Waals surface area contributed by atoms with Gasteiger partial charge in [-0.05, 0) is 62.0 Å². The summed E-state index contributed by atoms with van der Waals surface area (Å²) in [6, 6.07) is 18.1. The summed E-state index contributed by atoms with van der Waals surface area (Å²) >= 11 is 6.02. The SMILES string of the molecule is O=C(NC(CN1CCCC1)c1ccccc1)C1(c2ccc(Cl)cc2)CC1. The number of rotatable bonds is 6. The van der Waals surface area contributed by atoms with E-state index in [0.717, 1.165) is 38.0 Å². The molecular formula is C22H25ClN2O. The minimum atomic E-state index is -0.372. The Balaban J connectivity index is 1.53. The van der Waals surface area contributed by atoms with Crippen molar-refractivity contribution in [1.82, 2.24) is 10.2 Å². The number of nitrogens with zero attached hydrogens (tertiary/aromatic N) is 1. The van der Waals surface area contributed by atoms with Gasteiger partial charge in [-0.1, -0.05) is 54.1 Å². The van der Waals surface area contributed by atoms with Crippen LogP contribution in [-0.2, 0) is 10.2 Å². The zero-order chi connectivity index (χ0) is 18.0. The smallest absolute Gasteiger partial charge is 0.231 e. The molecule has 1 saturated carbocycles. The van der Waals surface area contributed by atoms with Gasteiger partial charge in [0.2, 0.25) is 5.91 Å². The first-order valence-corrected chi connectivity index (χ1v) is 9.89. The van der Waals surface area contributed by atoms with Crippen molar-refractivity contribution in [3.8, 4) is 0 Å². The Morgan fingerprint density at radius 1 is 1.04 bits per heavy atom. The molecule has 2 fully saturated rings. The van der Waals surface area contributed by atoms with Crippen LogP contribution in [0.25, 0.3) is 0 Å². The Morgan fingerprint density at radius 3 is 2.31 bits per heavy atom. The van der Waals surface area contributed by atoms with Crippen LogP contribution in [0.4, 0.5) is 0 Å². The quantitative estimate of drug-likeness (QED) is 0.823. The molecule has 2 aromatic carbocycles. The lowest BCUT2D eigenvalue weighted by Crippen LogP contribution is -2.41. The number of nitrogens with one attached hydrogen (secondary N) is 1. The Bertz CT molecular complexity index is 749. The molecule has 1 aliphatic carbocycles. The van der Waals surface area contributed by atoms with Gasteiger partial charge in [-0.2, -0.15) is 0 Å². The van der Waals surface area contributed by atoms with E-state index in [1.165, 1.54) is 18.4 Å². The minimum Gasteiger partial charge on any atom is -0.347 e. The molecule has 1 saturated heterocycles. The van der Waals surface area contributed by atoms with Gasteiger partial charge in [-0.15, -0.1) is 0 Å². The topological polar surface area (TPSA) is 32.3 Å². The molecule has 1 aliphatic heterocycles. The molecule has 1 amide bonds. The first-order valence-electron chi connectivity index (χ1n) is 9.52. The number of carbonyl (C=O) groups excluding carboxylic acids is 1. The van der Waals surface area contributed by atoms with Crippen LogP contribution in [0.5, 0.6) is 0 Å². The summed E-state index contributed by atoms with van der Waals surface area (Å²) in [6.07, 6.45) is 4.33. The van der Waals surface area contributed by atoms with Crippen LogP contribution in [0, 0.1) is 0 Å². The zero-order valence-corrected chi connectivity index (χ0v) is 15.7. The average Bonchev–Trinajstić information content (AvgIpc) is 3.32. The summed E-state index contributed by atoms with van der Waals surface area (Å²) in [6.45, 7) is 3.13. The molecule has 0 radical (unpaired) electrons. The molecule has 1 atom stereocenters. The van der Waals surface area contributed by atoms with Gasteiger partial charge < -0.3 is 10.2 Å². The fraction of sp³-hybridized carbons (Fsp3) is 0.409. The molecule has 0 spiro atoms. The first kappa shape index (κ1) is 17.6. The van der Waals surface area contributed by atoms with Crippen molar-refractivity contribution >= 4 is 17.5 Å². The molecular weight excluding hydrogens is 344 g/mol. The summed E-state index contributed by atoms with van der Waals surface area (Å²) in [5, 5.41) is 4.07. The first-order chi connectivity index (χ1) is 12.7. The second-order valence-corrected chi connectivity index (χ2v) is 7.97. The van der Waals surface area contributed by atoms with Crippen molar-refractivity contribution in [3.05, 3.63) is 70.7 Å². The maximum absolute atomic E-state index is 13.2. The van der Waals surface area contributed by atoms with E-state index < -0.39 is 0 Å². The lowest BCUT2D eigenvalue weighted by atomic mass is 9.94. The van der Waals surface area contributed by atoms with Gasteiger partial charge in [0, 0.05) is 11.6 Å². The second-order valence-electron chi connectivity index (χ2n) is 7.53. The summed E-state index contributed by atoms with van der Waals surface area (Å²) in [5.41, 5.74) is 1.88. The van der Waals surface area contributed by atoms with Crippen molar-refractivity contribution in [3.63, 3.8) is 0 Å². The summed E-state index contributed by atoms with van der Waals surface area (Å²) in [4.78, 5) is 15.7. The van der Waals surface area contributed by atoms with E-state index in [2.05, 4.69) is 22.3 Å². The second kappa shape index (κ2) is 7.42. The molecule has 1 unspecified atom stereocenters. The third-order valence-electron chi connectivity index (χ3n) is 5.73. The average molecular weight is 369 g/mol. The van der Waals surface area contributed by atoms with Crippen molar-refractivity contribution in [2.24, 2.45) is 0 Å². The fourth-order valence-electron chi connectivity index (χ4n) is 3.98. The van der Waals surface area contributed by atoms with Gasteiger partial charge in [0.1, 0.15) is 0 Å². The van der Waals surface area contributed by atoms with E-state index in [1.54, 1.807) is 0 Å². The van der Waals surface area contributed by atoms with Crippen LogP contribution in [0.3, 0.4) is 0 Å². The molecule has 1 N–H and O–H groups in total. The molecule has 0 aromatic heterocycles. The van der Waals surface area contributed by atoms with E-state index in [1.807, 2.05) is 42.5 Å². The normalized spacial score (nSPS) is 19.9. The predicted octanol–water partition coefficient (Wildman–Crippen LogP) is 4.32. The monoisotopic (exact) mass is 368 g/mol. The van der Waals surface area contributed by atoms with Gasteiger partial charge in [0.05, 0.1) is 11.5 Å². The lowest BCUT2D eigenvalue weighted by molar-refractivity contribution is -0.124. The van der Waals surface area contributed by atoms with Gasteiger partial charge in [0.25, 0.3) is 0 Å². The zero-order valence-electron chi connectivity index (χ0n) is 15.0. The van der Waals surface area contributed by atoms with Crippen LogP contribution < -0.4 is 5.32 Å². The Kier molecular flexibility index (Phi) is 5.01. The highest BCUT2D eigenvalue weighted by molar-refractivity contribution is 6.30. The van der Waals surface area contributed by atoms with Crippen molar-refractivity contribution in [2.75, 3.05) is 19.6 Å². The van der Waals surface area contributed by atoms with E-state index in [4.69, 9.17) is 11.6 Å². The fourth-order valence-corrected chi connectivity index (χ4v) is 4.11. The number of hydrogen-bond acceptors (Lipinski definition) is 2. The van der Waals surface area contributed by atoms with Crippen molar-refractivity contribution in [2.45, 2.75) is 37.1 Å². The molecule has 2 aromatic rings. The maximum Gasteiger partial charge on any atom is 0.231 e. The summed E-state index contributed by atoms with van der Waals surface area (Å²) in [5.74, 6) is 0.146. The number of hydrogen-bond donors (Lipinski definition) is 1. The van der Waals surface area contributed by atoms with Gasteiger partial charge in [0.15, 0.2) is 0 Å². The van der Waals surface area contributed by atoms with Crippen LogP contribution in [-0.4, -0.2) is 30.4 Å². The highest BCUT2D eigenvalue weighted by atomic mass is 35.5. The molecule has 136 valence electrons. The van der Waals surface area contributed by atoms with Crippen molar-refractivity contribution in [1.29, 1.82) is 0 Å². The van der Waals surface area contributed by atoms with Gasteiger partial charge >= 0.3 is 0 Å². The molecule has 2 aliphatic rings. The number of likely N-dealkylation sites (tertiary alicyclic amines) is 1. The number of halogens is 1. The third-order valence-corrected chi connectivity index (χ3v) is 5.98. The molecule has 1 heterocycles.